The molecule has 1 N–H and O–H groups in total. The van der Waals surface area contributed by atoms with E-state index in [2.05, 4.69) is 37.4 Å². The van der Waals surface area contributed by atoms with E-state index in [0.29, 0.717) is 6.04 Å². The van der Waals surface area contributed by atoms with Crippen LogP contribution in [-0.2, 0) is 11.8 Å². The Balaban J connectivity index is 2.56. The summed E-state index contributed by atoms with van der Waals surface area (Å²) >= 11 is 0. The Hall–Kier alpha value is -0.870. The molecule has 0 bridgehead atoms. The molecule has 16 heavy (non-hydrogen) atoms. The van der Waals surface area contributed by atoms with Gasteiger partial charge < -0.3 is 10.1 Å². The second-order valence-electron chi connectivity index (χ2n) is 4.75. The molecule has 1 aromatic rings. The van der Waals surface area contributed by atoms with Crippen LogP contribution in [0.4, 0.5) is 0 Å². The highest BCUT2D eigenvalue weighted by molar-refractivity contribution is 5.10. The molecule has 1 rings (SSSR count). The molecule has 0 aromatic carbocycles. The van der Waals surface area contributed by atoms with Gasteiger partial charge in [-0.15, -0.1) is 0 Å². The minimum absolute atomic E-state index is 0.129. The highest BCUT2D eigenvalue weighted by Crippen LogP contribution is 2.16. The third-order valence-electron chi connectivity index (χ3n) is 2.86. The van der Waals surface area contributed by atoms with Crippen LogP contribution in [0, 0.1) is 0 Å². The normalized spacial score (nSPS) is 14.1. The zero-order chi connectivity index (χ0) is 12.2. The Labute approximate surface area is 98.0 Å². The number of aryl methyl sites for hydroxylation is 1. The summed E-state index contributed by atoms with van der Waals surface area (Å²) in [6, 6.07) is 0.350. The van der Waals surface area contributed by atoms with Gasteiger partial charge in [-0.2, -0.15) is 5.10 Å². The van der Waals surface area contributed by atoms with Gasteiger partial charge >= 0.3 is 0 Å². The van der Waals surface area contributed by atoms with E-state index >= 15 is 0 Å². The molecule has 0 aliphatic heterocycles. The molecule has 1 aromatic heterocycles. The van der Waals surface area contributed by atoms with Gasteiger partial charge in [-0.25, -0.2) is 0 Å². The average Bonchev–Trinajstić information content (AvgIpc) is 2.66. The monoisotopic (exact) mass is 225 g/mol. The van der Waals surface area contributed by atoms with E-state index in [1.54, 1.807) is 7.11 Å². The van der Waals surface area contributed by atoms with E-state index in [1.165, 1.54) is 5.56 Å². The van der Waals surface area contributed by atoms with Crippen molar-refractivity contribution in [1.29, 1.82) is 0 Å². The molecule has 4 nitrogen and oxygen atoms in total. The number of rotatable bonds is 6. The number of nitrogens with zero attached hydrogens (tertiary/aromatic N) is 2. The summed E-state index contributed by atoms with van der Waals surface area (Å²) in [4.78, 5) is 0. The van der Waals surface area contributed by atoms with Crippen molar-refractivity contribution in [3.8, 4) is 0 Å². The van der Waals surface area contributed by atoms with Gasteiger partial charge in [0.15, 0.2) is 0 Å². The minimum Gasteiger partial charge on any atom is -0.377 e. The molecule has 0 spiro atoms. The smallest absolute Gasteiger partial charge is 0.0746 e. The maximum atomic E-state index is 5.39. The number of ether oxygens (including phenoxy) is 1. The number of nitrogens with one attached hydrogen (secondary N) is 1. The maximum Gasteiger partial charge on any atom is 0.0746 e. The first-order valence-corrected chi connectivity index (χ1v) is 5.75. The van der Waals surface area contributed by atoms with Crippen molar-refractivity contribution in [1.82, 2.24) is 15.1 Å². The first-order valence-electron chi connectivity index (χ1n) is 5.75. The fraction of sp³-hybridized carbons (Fsp3) is 0.750. The van der Waals surface area contributed by atoms with Gasteiger partial charge in [-0.05, 0) is 20.3 Å². The van der Waals surface area contributed by atoms with Crippen molar-refractivity contribution in [2.24, 2.45) is 7.05 Å². The van der Waals surface area contributed by atoms with E-state index in [-0.39, 0.29) is 5.60 Å². The van der Waals surface area contributed by atoms with Crippen LogP contribution in [0.25, 0.3) is 0 Å². The second-order valence-corrected chi connectivity index (χ2v) is 4.75. The van der Waals surface area contributed by atoms with Crippen LogP contribution in [0.15, 0.2) is 12.4 Å². The molecular weight excluding hydrogens is 202 g/mol. The molecule has 1 atom stereocenters. The van der Waals surface area contributed by atoms with Crippen LogP contribution in [0.1, 0.15) is 38.8 Å². The molecule has 0 saturated heterocycles. The standard InChI is InChI=1S/C12H23N3O/c1-6-11(10-7-14-15(4)8-10)13-9-12(2,3)16-5/h7-8,11,13H,6,9H2,1-5H3. The van der Waals surface area contributed by atoms with Crippen LogP contribution in [0.3, 0.4) is 0 Å². The molecular formula is C12H23N3O. The zero-order valence-electron chi connectivity index (χ0n) is 10.9. The van der Waals surface area contributed by atoms with Gasteiger partial charge in [0.25, 0.3) is 0 Å². The summed E-state index contributed by atoms with van der Waals surface area (Å²) in [5.41, 5.74) is 1.10. The summed E-state index contributed by atoms with van der Waals surface area (Å²) in [6.07, 6.45) is 5.02. The maximum absolute atomic E-state index is 5.39. The van der Waals surface area contributed by atoms with Crippen molar-refractivity contribution in [3.05, 3.63) is 18.0 Å². The van der Waals surface area contributed by atoms with Crippen LogP contribution in [0.5, 0.6) is 0 Å². The molecule has 92 valence electrons. The van der Waals surface area contributed by atoms with E-state index in [4.69, 9.17) is 4.74 Å². The molecule has 0 amide bonds. The number of hydrogen-bond acceptors (Lipinski definition) is 3. The van der Waals surface area contributed by atoms with E-state index in [0.717, 1.165) is 13.0 Å². The molecule has 0 fully saturated rings. The van der Waals surface area contributed by atoms with Gasteiger partial charge in [-0.3, -0.25) is 4.68 Å². The highest BCUT2D eigenvalue weighted by atomic mass is 16.5. The molecule has 1 unspecified atom stereocenters. The predicted molar refractivity (Wildman–Crippen MR) is 65.3 cm³/mol. The third-order valence-corrected chi connectivity index (χ3v) is 2.86. The summed E-state index contributed by atoms with van der Waals surface area (Å²) in [5.74, 6) is 0. The van der Waals surface area contributed by atoms with Crippen LogP contribution in [0.2, 0.25) is 0 Å². The first kappa shape index (κ1) is 13.2. The van der Waals surface area contributed by atoms with Crippen molar-refractivity contribution in [2.45, 2.75) is 38.8 Å². The molecule has 0 aliphatic rings. The highest BCUT2D eigenvalue weighted by Gasteiger charge is 2.19. The Bertz CT molecular complexity index is 320. The largest absolute Gasteiger partial charge is 0.377 e. The lowest BCUT2D eigenvalue weighted by Gasteiger charge is -2.26. The fourth-order valence-corrected chi connectivity index (χ4v) is 1.56. The average molecular weight is 225 g/mol. The predicted octanol–water partition coefficient (Wildman–Crippen LogP) is 1.89. The van der Waals surface area contributed by atoms with Gasteiger partial charge in [0.2, 0.25) is 0 Å². The Kier molecular flexibility index (Phi) is 4.50. The van der Waals surface area contributed by atoms with Crippen molar-refractivity contribution >= 4 is 0 Å². The van der Waals surface area contributed by atoms with Crippen molar-refractivity contribution in [2.75, 3.05) is 13.7 Å². The number of aromatic nitrogens is 2. The summed E-state index contributed by atoms with van der Waals surface area (Å²) in [6.45, 7) is 7.16. The van der Waals surface area contributed by atoms with Gasteiger partial charge in [0.05, 0.1) is 11.8 Å². The topological polar surface area (TPSA) is 39.1 Å². The van der Waals surface area contributed by atoms with E-state index in [1.807, 2.05) is 17.9 Å². The van der Waals surface area contributed by atoms with E-state index in [9.17, 15) is 0 Å². The van der Waals surface area contributed by atoms with Crippen LogP contribution < -0.4 is 5.32 Å². The quantitative estimate of drug-likeness (QED) is 0.803. The Morgan fingerprint density at radius 1 is 1.56 bits per heavy atom. The van der Waals surface area contributed by atoms with Crippen molar-refractivity contribution in [3.63, 3.8) is 0 Å². The third kappa shape index (κ3) is 3.61. The molecule has 0 radical (unpaired) electrons. The van der Waals surface area contributed by atoms with Crippen LogP contribution >= 0.6 is 0 Å². The van der Waals surface area contributed by atoms with Gasteiger partial charge in [-0.1, -0.05) is 6.92 Å². The SMILES string of the molecule is CCC(NCC(C)(C)OC)c1cnn(C)c1. The Morgan fingerprint density at radius 3 is 2.69 bits per heavy atom. The summed E-state index contributed by atoms with van der Waals surface area (Å²) < 4.78 is 7.22. The van der Waals surface area contributed by atoms with Crippen molar-refractivity contribution < 1.29 is 4.74 Å². The molecule has 1 heterocycles. The van der Waals surface area contributed by atoms with E-state index < -0.39 is 0 Å². The fourth-order valence-electron chi connectivity index (χ4n) is 1.56. The summed E-state index contributed by atoms with van der Waals surface area (Å²) in [5, 5.41) is 7.71. The lowest BCUT2D eigenvalue weighted by Crippen LogP contribution is -2.38. The lowest BCUT2D eigenvalue weighted by molar-refractivity contribution is 0.0209. The second kappa shape index (κ2) is 5.46. The number of methoxy groups -OCH3 is 1. The minimum atomic E-state index is -0.129. The zero-order valence-corrected chi connectivity index (χ0v) is 10.9. The first-order chi connectivity index (χ1) is 7.48. The molecule has 0 aliphatic carbocycles. The lowest BCUT2D eigenvalue weighted by atomic mass is 10.1. The van der Waals surface area contributed by atoms with Crippen LogP contribution in [-0.4, -0.2) is 29.0 Å². The molecule has 4 heteroatoms. The Morgan fingerprint density at radius 2 is 2.25 bits per heavy atom. The van der Waals surface area contributed by atoms with Gasteiger partial charge in [0, 0.05) is 38.5 Å². The summed E-state index contributed by atoms with van der Waals surface area (Å²) in [7, 11) is 3.68. The van der Waals surface area contributed by atoms with Gasteiger partial charge in [0.1, 0.15) is 0 Å². The molecule has 0 saturated carbocycles. The number of hydrogen-bond donors (Lipinski definition) is 1.